The molecular formula is C108H111Cl5F6N12O19. The first-order chi connectivity index (χ1) is 71.1. The summed E-state index contributed by atoms with van der Waals surface area (Å²) in [5.74, 6) is 1.53. The van der Waals surface area contributed by atoms with E-state index in [9.17, 15) is 74.3 Å². The normalized spacial score (nSPS) is 23.8. The van der Waals surface area contributed by atoms with E-state index < -0.39 is 45.6 Å². The smallest absolute Gasteiger partial charge is 0.492 e. The number of rotatable bonds is 38. The number of furan rings is 1. The Labute approximate surface area is 884 Å². The molecule has 0 atom stereocenters. The van der Waals surface area contributed by atoms with Gasteiger partial charge in [-0.15, -0.1) is 13.2 Å². The van der Waals surface area contributed by atoms with Crippen molar-refractivity contribution in [3.63, 3.8) is 0 Å². The van der Waals surface area contributed by atoms with Gasteiger partial charge < -0.3 is 95.3 Å². The molecule has 2 aromatic heterocycles. The van der Waals surface area contributed by atoms with Crippen LogP contribution in [0.15, 0.2) is 179 Å². The summed E-state index contributed by atoms with van der Waals surface area (Å²) in [5.41, 5.74) is 2.95. The number of nitrogens with one attached hydrogen (secondary N) is 10. The van der Waals surface area contributed by atoms with Crippen LogP contribution < -0.4 is 86.3 Å². The molecule has 10 amide bonds. The zero-order valence-electron chi connectivity index (χ0n) is 82.9. The number of halogens is 11. The quantitative estimate of drug-likeness (QED) is 0.0127. The van der Waals surface area contributed by atoms with Gasteiger partial charge in [0, 0.05) is 81.1 Å². The van der Waals surface area contributed by atoms with Crippen LogP contribution in [0.3, 0.4) is 0 Å². The Hall–Kier alpha value is -13.5. The van der Waals surface area contributed by atoms with Crippen LogP contribution in [-0.2, 0) is 74.1 Å². The Morgan fingerprint density at radius 3 is 1.01 bits per heavy atom. The number of ether oxygens (including phenoxy) is 7. The zero-order chi connectivity index (χ0) is 107. The van der Waals surface area contributed by atoms with Crippen LogP contribution in [-0.4, -0.2) is 149 Å². The molecule has 150 heavy (non-hydrogen) atoms. The molecule has 10 aromatic rings. The van der Waals surface area contributed by atoms with Gasteiger partial charge in [-0.25, -0.2) is 13.2 Å². The van der Waals surface area contributed by atoms with E-state index in [0.29, 0.717) is 161 Å². The minimum Gasteiger partial charge on any atom is -0.492 e. The van der Waals surface area contributed by atoms with Crippen molar-refractivity contribution in [1.29, 1.82) is 0 Å². The van der Waals surface area contributed by atoms with Crippen LogP contribution in [0.25, 0.3) is 0 Å². The molecule has 0 spiro atoms. The summed E-state index contributed by atoms with van der Waals surface area (Å²) < 4.78 is 124. The lowest BCUT2D eigenvalue weighted by Crippen LogP contribution is -2.78. The fraction of sp³-hybridized carbons (Fsp3) is 0.407. The third-order valence-electron chi connectivity index (χ3n) is 28.9. The van der Waals surface area contributed by atoms with Gasteiger partial charge in [-0.1, -0.05) is 112 Å². The van der Waals surface area contributed by atoms with Crippen molar-refractivity contribution in [1.82, 2.24) is 63.3 Å². The number of aromatic nitrogens is 2. The second-order valence-corrected chi connectivity index (χ2v) is 43.2. The number of hydrogen-bond donors (Lipinski definition) is 10. The summed E-state index contributed by atoms with van der Waals surface area (Å²) in [6.45, 7) is 14.5. The number of carbonyl (C=O) groups excluding carboxylic acids is 10. The van der Waals surface area contributed by atoms with E-state index in [2.05, 4.69) is 68.0 Å². The fourth-order valence-electron chi connectivity index (χ4n) is 21.8. The third kappa shape index (κ3) is 25.7. The second kappa shape index (κ2) is 44.2. The second-order valence-electron chi connectivity index (χ2n) is 41.1. The first-order valence-electron chi connectivity index (χ1n) is 48.5. The van der Waals surface area contributed by atoms with Gasteiger partial charge in [0.15, 0.2) is 38.9 Å². The molecule has 42 heteroatoms. The van der Waals surface area contributed by atoms with Crippen molar-refractivity contribution in [3.8, 4) is 40.2 Å². The van der Waals surface area contributed by atoms with Crippen molar-refractivity contribution < 1.29 is 116 Å². The Morgan fingerprint density at radius 2 is 0.667 bits per heavy atom. The molecule has 0 radical (unpaired) electrons. The summed E-state index contributed by atoms with van der Waals surface area (Å²) in [6.07, 6.45) is 4.35. The summed E-state index contributed by atoms with van der Waals surface area (Å²) >= 11 is 28.8. The van der Waals surface area contributed by atoms with Crippen LogP contribution in [0.2, 0.25) is 25.1 Å². The fourth-order valence-corrected chi connectivity index (χ4v) is 22.4. The maximum absolute atomic E-state index is 13.4. The molecule has 10 bridgehead atoms. The molecule has 25 rings (SSSR count). The Morgan fingerprint density at radius 1 is 0.340 bits per heavy atom. The van der Waals surface area contributed by atoms with Gasteiger partial charge in [-0.3, -0.25) is 47.9 Å². The van der Waals surface area contributed by atoms with Crippen molar-refractivity contribution in [2.75, 3.05) is 46.2 Å². The average molecular weight is 2170 g/mol. The highest BCUT2D eigenvalue weighted by Gasteiger charge is 2.76. The van der Waals surface area contributed by atoms with Gasteiger partial charge >= 0.3 is 6.36 Å². The van der Waals surface area contributed by atoms with Gasteiger partial charge in [0.1, 0.15) is 75.8 Å². The lowest BCUT2D eigenvalue weighted by molar-refractivity contribution is -0.274. The Balaban J connectivity index is 0.000000134. The summed E-state index contributed by atoms with van der Waals surface area (Å²) in [4.78, 5) is 128. The van der Waals surface area contributed by atoms with Gasteiger partial charge in [0.05, 0.1) is 55.2 Å². The standard InChI is InChI=1S/C24H26ClFN2O4.C23H22ClF3N2O4.C22H23ClN2O3.C21H22ClFN2O4.C18H18ClFN4O4/c1-15-3-4-17(9-16(15)2)31-8-7-27-22(30)23-12-24(13-23,14-23)28-21(29)11-32-18-5-6-19(25)20(26)10-18;1-14-7-16(5-6-18(14)24)32-10-19(30)29-22-11-21(12-22,13-22)20(31)28-9-15-3-2-4-17(8-15)33-23(25,26)27;1-15-9-17(7-8-18(15)23)28-11-19(26)25-22-12-21(13-22,14-22)20(27)24-10-16-5-3-2-4-6-16;1-12-5-14(13(2)29-12)7-24-19(27)20-9-21(10-20,11-20)25-18(26)8-28-15-3-4-16(22)17(23)6-15;1-10-22-15(28-24-10)5-21-16(26)17-7-18(8-17,9-17)23-14(25)6-27-11-2-3-12(19)13(20)4-11/h3-6,9-10H,7-8,11-14H2,1-2H3,(H,27,30)(H,28,29);2-8H,9-13H2,1H3,(H,28,31)(H,29,30);2-9H,10-14H2,1H3,(H,24,27)(H,25,26);3-6H,7-11H2,1-2H3,(H,24,27)(H,25,26);2-4H,5-9H2,1H3,(H,21,26)(H,23,25). The topological polar surface area (TPSA) is 408 Å². The minimum atomic E-state index is -4.77. The maximum atomic E-state index is 13.4. The number of hydrogen-bond acceptors (Lipinski definition) is 21. The molecule has 15 fully saturated rings. The lowest BCUT2D eigenvalue weighted by Gasteiger charge is -2.69. The lowest BCUT2D eigenvalue weighted by atomic mass is 9.39. The predicted octanol–water partition coefficient (Wildman–Crippen LogP) is 16.7. The minimum absolute atomic E-state index is 0.00249. The highest BCUT2D eigenvalue weighted by molar-refractivity contribution is 6.32. The highest BCUT2D eigenvalue weighted by Crippen LogP contribution is 2.71. The highest BCUT2D eigenvalue weighted by atomic mass is 35.5. The maximum Gasteiger partial charge on any atom is 0.573 e. The number of aryl methyl sites for hydroxylation is 7. The molecule has 15 aliphatic rings. The van der Waals surface area contributed by atoms with E-state index >= 15 is 0 Å². The molecule has 0 aliphatic heterocycles. The van der Waals surface area contributed by atoms with Gasteiger partial charge in [-0.05, 0) is 281 Å². The Kier molecular flexibility index (Phi) is 32.2. The van der Waals surface area contributed by atoms with Crippen molar-refractivity contribution in [3.05, 3.63) is 275 Å². The number of nitrogens with zero attached hydrogens (tertiary/aromatic N) is 2. The zero-order valence-corrected chi connectivity index (χ0v) is 86.6. The monoisotopic (exact) mass is 2170 g/mol. The van der Waals surface area contributed by atoms with Gasteiger partial charge in [0.25, 0.3) is 29.5 Å². The van der Waals surface area contributed by atoms with E-state index in [1.807, 2.05) is 102 Å². The molecule has 31 nitrogen and oxygen atoms in total. The summed E-state index contributed by atoms with van der Waals surface area (Å²) in [6, 6.07) is 45.6. The molecule has 15 aliphatic carbocycles. The SMILES string of the molecule is Cc1cc(CNC(=O)C23CC(NC(=O)COc4ccc(Cl)c(F)c4)(C2)C3)c(C)o1.Cc1cc(OCC(=O)NC23CC(C(=O)NCc4cccc(OC(F)(F)F)c4)(C2)C3)ccc1Cl.Cc1cc(OCC(=O)NC23CC(C(=O)NCc4ccccc4)(C2)C3)ccc1Cl.Cc1ccc(OCCNC(=O)C23CC(NC(=O)COc4ccc(Cl)c(F)c4)(C2)C3)cc1C.Cc1noc(CNC(=O)C23CC(NC(=O)COc4ccc(Cl)c(F)c4)(C2)C3)n1. The van der Waals surface area contributed by atoms with Crippen LogP contribution in [0.4, 0.5) is 26.3 Å². The first-order valence-corrected chi connectivity index (χ1v) is 50.4. The van der Waals surface area contributed by atoms with E-state index in [1.165, 1.54) is 65.7 Å². The predicted molar refractivity (Wildman–Crippen MR) is 538 cm³/mol. The van der Waals surface area contributed by atoms with Crippen LogP contribution in [0.1, 0.15) is 158 Å². The molecule has 15 saturated carbocycles. The largest absolute Gasteiger partial charge is 0.573 e. The van der Waals surface area contributed by atoms with Gasteiger partial charge in [-0.2, -0.15) is 4.98 Å². The molecule has 8 aromatic carbocycles. The van der Waals surface area contributed by atoms with Crippen LogP contribution in [0, 0.1) is 93.0 Å². The van der Waals surface area contributed by atoms with E-state index in [-0.39, 0.29) is 176 Å². The van der Waals surface area contributed by atoms with E-state index in [1.54, 1.807) is 43.3 Å². The molecule has 0 saturated heterocycles. The number of amides is 10. The van der Waals surface area contributed by atoms with Crippen LogP contribution in [0.5, 0.6) is 40.2 Å². The third-order valence-corrected chi connectivity index (χ3v) is 30.7. The van der Waals surface area contributed by atoms with Gasteiger partial charge in [0.2, 0.25) is 35.4 Å². The summed E-state index contributed by atoms with van der Waals surface area (Å²) in [7, 11) is 0. The molecule has 10 N–H and O–H groups in total. The first kappa shape index (κ1) is 109. The Bertz CT molecular complexity index is 6750. The number of alkyl halides is 3. The van der Waals surface area contributed by atoms with Crippen molar-refractivity contribution in [2.24, 2.45) is 27.1 Å². The number of carbonyl (C=O) groups is 10. The van der Waals surface area contributed by atoms with Crippen molar-refractivity contribution in [2.45, 2.75) is 205 Å². The van der Waals surface area contributed by atoms with Crippen molar-refractivity contribution >= 4 is 117 Å². The molecule has 2 heterocycles. The molecule has 0 unspecified atom stereocenters. The molecule has 794 valence electrons. The summed E-state index contributed by atoms with van der Waals surface area (Å²) in [5, 5.41) is 34.2. The number of benzene rings is 8. The van der Waals surface area contributed by atoms with E-state index in [4.69, 9.17) is 95.4 Å². The van der Waals surface area contributed by atoms with Crippen LogP contribution >= 0.6 is 58.0 Å². The van der Waals surface area contributed by atoms with E-state index in [0.717, 1.165) is 57.7 Å². The average Bonchev–Trinajstić information content (AvgIpc) is 0.765. The molecular weight excluding hydrogens is 2060 g/mol.